The van der Waals surface area contributed by atoms with Gasteiger partial charge in [0.1, 0.15) is 0 Å². The zero-order valence-corrected chi connectivity index (χ0v) is 11.6. The van der Waals surface area contributed by atoms with Crippen molar-refractivity contribution in [2.45, 2.75) is 19.4 Å². The van der Waals surface area contributed by atoms with Gasteiger partial charge in [-0.3, -0.25) is 4.79 Å². The Kier molecular flexibility index (Phi) is 6.64. The van der Waals surface area contributed by atoms with Gasteiger partial charge in [0.15, 0.2) is 0 Å². The van der Waals surface area contributed by atoms with Gasteiger partial charge in [-0.1, -0.05) is 28.1 Å². The average molecular weight is 309 g/mol. The lowest BCUT2D eigenvalue weighted by molar-refractivity contribution is -0.141. The van der Waals surface area contributed by atoms with E-state index in [4.69, 9.17) is 5.73 Å². The number of halogens is 2. The van der Waals surface area contributed by atoms with Crippen LogP contribution in [-0.2, 0) is 9.53 Å². The first kappa shape index (κ1) is 15.4. The van der Waals surface area contributed by atoms with Crippen LogP contribution in [0, 0.1) is 6.92 Å². The van der Waals surface area contributed by atoms with Crippen molar-refractivity contribution >= 4 is 34.3 Å². The molecule has 0 aliphatic rings. The Labute approximate surface area is 110 Å². The monoisotopic (exact) mass is 307 g/mol. The Bertz CT molecular complexity index is 371. The lowest BCUT2D eigenvalue weighted by Crippen LogP contribution is -2.16. The van der Waals surface area contributed by atoms with E-state index in [-0.39, 0.29) is 30.8 Å². The number of hydrogen-bond donors (Lipinski definition) is 1. The van der Waals surface area contributed by atoms with Crippen molar-refractivity contribution in [1.82, 2.24) is 0 Å². The Balaban J connectivity index is 0.00000225. The van der Waals surface area contributed by atoms with E-state index in [2.05, 4.69) is 20.7 Å². The van der Waals surface area contributed by atoms with Crippen LogP contribution in [0.2, 0.25) is 0 Å². The number of ether oxygens (including phenoxy) is 1. The molecule has 3 nitrogen and oxygen atoms in total. The third-order valence-electron chi connectivity index (χ3n) is 2.17. The second-order valence-electron chi connectivity index (χ2n) is 3.41. The van der Waals surface area contributed by atoms with Crippen molar-refractivity contribution in [2.75, 3.05) is 7.11 Å². The zero-order valence-electron chi connectivity index (χ0n) is 9.20. The molecular weight excluding hydrogens is 293 g/mol. The summed E-state index contributed by atoms with van der Waals surface area (Å²) in [6.07, 6.45) is 0.193. The Morgan fingerprint density at radius 2 is 2.19 bits per heavy atom. The minimum absolute atomic E-state index is 0. The third kappa shape index (κ3) is 4.12. The molecule has 1 atom stereocenters. The van der Waals surface area contributed by atoms with Crippen molar-refractivity contribution in [3.8, 4) is 0 Å². The first-order valence-electron chi connectivity index (χ1n) is 4.63. The molecule has 0 radical (unpaired) electrons. The number of rotatable bonds is 3. The van der Waals surface area contributed by atoms with E-state index in [1.165, 1.54) is 7.11 Å². The van der Waals surface area contributed by atoms with Gasteiger partial charge in [0, 0.05) is 10.5 Å². The van der Waals surface area contributed by atoms with Gasteiger partial charge in [-0.05, 0) is 24.1 Å². The van der Waals surface area contributed by atoms with Crippen LogP contribution in [0.25, 0.3) is 0 Å². The number of benzene rings is 1. The minimum atomic E-state index is -0.326. The van der Waals surface area contributed by atoms with Gasteiger partial charge in [0.2, 0.25) is 0 Å². The number of hydrogen-bond acceptors (Lipinski definition) is 3. The van der Waals surface area contributed by atoms with Crippen LogP contribution in [0.5, 0.6) is 0 Å². The number of carbonyl (C=O) groups is 1. The normalized spacial score (nSPS) is 11.5. The third-order valence-corrected chi connectivity index (χ3v) is 2.86. The van der Waals surface area contributed by atoms with E-state index < -0.39 is 0 Å². The second kappa shape index (κ2) is 6.89. The van der Waals surface area contributed by atoms with Crippen LogP contribution >= 0.6 is 28.3 Å². The maximum Gasteiger partial charge on any atom is 0.307 e. The predicted molar refractivity (Wildman–Crippen MR) is 69.7 cm³/mol. The van der Waals surface area contributed by atoms with Gasteiger partial charge in [0.25, 0.3) is 0 Å². The number of aryl methyl sites for hydroxylation is 1. The molecule has 0 spiro atoms. The highest BCUT2D eigenvalue weighted by Gasteiger charge is 2.14. The molecule has 0 saturated carbocycles. The van der Waals surface area contributed by atoms with Crippen LogP contribution in [-0.4, -0.2) is 13.1 Å². The summed E-state index contributed by atoms with van der Waals surface area (Å²) < 4.78 is 5.50. The summed E-state index contributed by atoms with van der Waals surface area (Å²) in [5.74, 6) is -0.296. The van der Waals surface area contributed by atoms with Crippen molar-refractivity contribution in [2.24, 2.45) is 5.73 Å². The highest BCUT2D eigenvalue weighted by Crippen LogP contribution is 2.25. The first-order valence-corrected chi connectivity index (χ1v) is 5.42. The predicted octanol–water partition coefficient (Wildman–Crippen LogP) is 2.74. The molecule has 0 fully saturated rings. The lowest BCUT2D eigenvalue weighted by atomic mass is 10.0. The smallest absolute Gasteiger partial charge is 0.307 e. The molecule has 1 aromatic rings. The fraction of sp³-hybridized carbons (Fsp3) is 0.364. The summed E-state index contributed by atoms with van der Waals surface area (Å²) >= 11 is 3.43. The highest BCUT2D eigenvalue weighted by molar-refractivity contribution is 9.10. The number of carbonyl (C=O) groups excluding carboxylic acids is 1. The molecule has 16 heavy (non-hydrogen) atoms. The molecule has 0 amide bonds. The van der Waals surface area contributed by atoms with Crippen LogP contribution in [0.4, 0.5) is 0 Å². The molecule has 90 valence electrons. The number of esters is 1. The maximum absolute atomic E-state index is 11.1. The highest BCUT2D eigenvalue weighted by atomic mass is 79.9. The summed E-state index contributed by atoms with van der Waals surface area (Å²) in [7, 11) is 1.36. The molecule has 0 heterocycles. The number of methoxy groups -OCH3 is 1. The van der Waals surface area contributed by atoms with Gasteiger partial charge >= 0.3 is 5.97 Å². The van der Waals surface area contributed by atoms with Crippen LogP contribution < -0.4 is 5.73 Å². The van der Waals surface area contributed by atoms with Gasteiger partial charge in [-0.2, -0.15) is 0 Å². The molecule has 0 bridgehead atoms. The fourth-order valence-corrected chi connectivity index (χ4v) is 2.09. The molecule has 0 unspecified atom stereocenters. The Hall–Kier alpha value is -0.580. The molecule has 2 N–H and O–H groups in total. The van der Waals surface area contributed by atoms with Crippen molar-refractivity contribution in [3.63, 3.8) is 0 Å². The second-order valence-corrected chi connectivity index (χ2v) is 4.27. The summed E-state index contributed by atoms with van der Waals surface area (Å²) in [6, 6.07) is 5.55. The van der Waals surface area contributed by atoms with Gasteiger partial charge in [-0.25, -0.2) is 0 Å². The maximum atomic E-state index is 11.1. The molecular formula is C11H15BrClNO2. The van der Waals surface area contributed by atoms with Crippen molar-refractivity contribution in [1.29, 1.82) is 0 Å². The minimum Gasteiger partial charge on any atom is -0.469 e. The fourth-order valence-electron chi connectivity index (χ4n) is 1.31. The number of nitrogens with two attached hydrogens (primary N) is 1. The van der Waals surface area contributed by atoms with E-state index in [1.54, 1.807) is 0 Å². The first-order chi connectivity index (χ1) is 7.04. The van der Waals surface area contributed by atoms with Crippen molar-refractivity contribution < 1.29 is 9.53 Å². The van der Waals surface area contributed by atoms with E-state index >= 15 is 0 Å². The van der Waals surface area contributed by atoms with Gasteiger partial charge in [0.05, 0.1) is 13.5 Å². The summed E-state index contributed by atoms with van der Waals surface area (Å²) in [5.41, 5.74) is 7.96. The van der Waals surface area contributed by atoms with E-state index in [0.29, 0.717) is 0 Å². The largest absolute Gasteiger partial charge is 0.469 e. The summed E-state index contributed by atoms with van der Waals surface area (Å²) in [5, 5.41) is 0. The lowest BCUT2D eigenvalue weighted by Gasteiger charge is -2.12. The van der Waals surface area contributed by atoms with Crippen LogP contribution in [0.3, 0.4) is 0 Å². The Morgan fingerprint density at radius 1 is 1.56 bits per heavy atom. The Morgan fingerprint density at radius 3 is 2.69 bits per heavy atom. The summed E-state index contributed by atoms with van der Waals surface area (Å²) in [6.45, 7) is 2.00. The zero-order chi connectivity index (χ0) is 11.4. The molecule has 1 aromatic carbocycles. The van der Waals surface area contributed by atoms with E-state index in [0.717, 1.165) is 15.6 Å². The topological polar surface area (TPSA) is 52.3 Å². The quantitative estimate of drug-likeness (QED) is 0.874. The molecule has 0 aliphatic carbocycles. The van der Waals surface area contributed by atoms with Crippen molar-refractivity contribution in [3.05, 3.63) is 33.8 Å². The van der Waals surface area contributed by atoms with E-state index in [9.17, 15) is 4.79 Å². The van der Waals surface area contributed by atoms with Crippen LogP contribution in [0.15, 0.2) is 22.7 Å². The average Bonchev–Trinajstić information content (AvgIpc) is 2.17. The van der Waals surface area contributed by atoms with Gasteiger partial charge in [-0.15, -0.1) is 12.4 Å². The van der Waals surface area contributed by atoms with Gasteiger partial charge < -0.3 is 10.5 Å². The molecule has 0 aliphatic heterocycles. The standard InChI is InChI=1S/C11H14BrNO2.ClH/c1-7-3-4-8(9(12)5-7)10(13)6-11(14)15-2;/h3-5,10H,6,13H2,1-2H3;1H/t10-;/m1./s1. The molecule has 0 saturated heterocycles. The molecule has 0 aromatic heterocycles. The molecule has 5 heteroatoms. The SMILES string of the molecule is COC(=O)C[C@@H](N)c1ccc(C)cc1Br.Cl. The van der Waals surface area contributed by atoms with Crippen LogP contribution in [0.1, 0.15) is 23.6 Å². The summed E-state index contributed by atoms with van der Waals surface area (Å²) in [4.78, 5) is 11.1. The van der Waals surface area contributed by atoms with E-state index in [1.807, 2.05) is 25.1 Å². The molecule has 1 rings (SSSR count).